The summed E-state index contributed by atoms with van der Waals surface area (Å²) < 4.78 is 46.3. The molecular formula is C29H33ClF3NO3. The second-order valence-electron chi connectivity index (χ2n) is 9.73. The second kappa shape index (κ2) is 13.2. The first kappa shape index (κ1) is 28.8. The highest BCUT2D eigenvalue weighted by Gasteiger charge is 2.41. The van der Waals surface area contributed by atoms with E-state index in [1.54, 1.807) is 30.3 Å². The van der Waals surface area contributed by atoms with Crippen molar-refractivity contribution in [2.45, 2.75) is 37.7 Å². The van der Waals surface area contributed by atoms with Crippen molar-refractivity contribution in [3.8, 4) is 5.75 Å². The van der Waals surface area contributed by atoms with Crippen molar-refractivity contribution >= 4 is 17.6 Å². The van der Waals surface area contributed by atoms with Gasteiger partial charge >= 0.3 is 12.1 Å². The van der Waals surface area contributed by atoms with Gasteiger partial charge in [0, 0.05) is 31.5 Å². The van der Waals surface area contributed by atoms with Gasteiger partial charge in [0.05, 0.1) is 24.0 Å². The largest absolute Gasteiger partial charge is 0.493 e. The summed E-state index contributed by atoms with van der Waals surface area (Å²) in [5.74, 6) is -0.574. The van der Waals surface area contributed by atoms with E-state index in [-0.39, 0.29) is 18.3 Å². The second-order valence-corrected chi connectivity index (χ2v) is 10.2. The molecule has 0 aromatic heterocycles. The van der Waals surface area contributed by atoms with Gasteiger partial charge in [0.2, 0.25) is 0 Å². The summed E-state index contributed by atoms with van der Waals surface area (Å²) in [6.07, 6.45) is -0.293. The van der Waals surface area contributed by atoms with Gasteiger partial charge in [-0.2, -0.15) is 13.2 Å². The summed E-state index contributed by atoms with van der Waals surface area (Å²) in [5.41, 5.74) is 1.10. The maximum Gasteiger partial charge on any atom is 0.414 e. The van der Waals surface area contributed by atoms with E-state index in [0.717, 1.165) is 11.6 Å². The number of allylic oxidation sites excluding steroid dienone is 3. The Morgan fingerprint density at radius 1 is 1.11 bits per heavy atom. The molecule has 2 aromatic rings. The molecule has 0 spiro atoms. The maximum absolute atomic E-state index is 13.5. The minimum Gasteiger partial charge on any atom is -0.493 e. The topological polar surface area (TPSA) is 49.8 Å². The first-order valence-electron chi connectivity index (χ1n) is 12.3. The Bertz CT molecular complexity index is 1090. The first-order valence-corrected chi connectivity index (χ1v) is 12.8. The van der Waals surface area contributed by atoms with Crippen molar-refractivity contribution in [2.75, 3.05) is 26.2 Å². The van der Waals surface area contributed by atoms with Gasteiger partial charge in [-0.3, -0.25) is 4.79 Å². The lowest BCUT2D eigenvalue weighted by Crippen LogP contribution is -2.40. The molecule has 3 rings (SSSR count). The number of carbonyl (C=O) groups is 1. The lowest BCUT2D eigenvalue weighted by Gasteiger charge is -2.34. The molecule has 0 heterocycles. The summed E-state index contributed by atoms with van der Waals surface area (Å²) >= 11 is 6.33. The van der Waals surface area contributed by atoms with E-state index in [1.165, 1.54) is 6.08 Å². The van der Waals surface area contributed by atoms with E-state index in [0.29, 0.717) is 37.6 Å². The van der Waals surface area contributed by atoms with E-state index in [9.17, 15) is 18.0 Å². The number of aliphatic carboxylic acids is 1. The Hall–Kier alpha value is -2.77. The van der Waals surface area contributed by atoms with Crippen LogP contribution < -0.4 is 4.74 Å². The van der Waals surface area contributed by atoms with Gasteiger partial charge in [-0.1, -0.05) is 74.5 Å². The lowest BCUT2D eigenvalue weighted by atomic mass is 9.91. The van der Waals surface area contributed by atoms with Crippen molar-refractivity contribution in [1.29, 1.82) is 0 Å². The van der Waals surface area contributed by atoms with Gasteiger partial charge in [-0.25, -0.2) is 0 Å². The standard InChI is InChI=1S/C29H33ClF3NO3/c1-20(19-37-25-12-6-8-22(14-25)15-27(35)36)16-34(17-21(2)23-9-4-3-5-10-23)18-24-11-7-13-26(28(24)30)29(31,32)33/h3-14,20-21,24,28H,15-19H2,1-2H3,(H,35,36)/t20?,21-,24?,28?/m0/s1. The summed E-state index contributed by atoms with van der Waals surface area (Å²) in [6.45, 7) is 6.15. The van der Waals surface area contributed by atoms with Crippen LogP contribution in [0.2, 0.25) is 0 Å². The zero-order chi connectivity index (χ0) is 27.0. The average molecular weight is 536 g/mol. The fourth-order valence-corrected chi connectivity index (χ4v) is 4.93. The molecular weight excluding hydrogens is 503 g/mol. The average Bonchev–Trinajstić information content (AvgIpc) is 2.83. The molecule has 0 bridgehead atoms. The summed E-state index contributed by atoms with van der Waals surface area (Å²) in [6, 6.07) is 17.0. The minimum atomic E-state index is -4.46. The highest BCUT2D eigenvalue weighted by Crippen LogP contribution is 2.37. The molecule has 1 aliphatic rings. The minimum absolute atomic E-state index is 0.0603. The fourth-order valence-electron chi connectivity index (χ4n) is 4.57. The van der Waals surface area contributed by atoms with Crippen molar-refractivity contribution in [1.82, 2.24) is 4.90 Å². The third kappa shape index (κ3) is 8.93. The quantitative estimate of drug-likeness (QED) is 0.307. The normalized spacial score (nSPS) is 19.4. The van der Waals surface area contributed by atoms with Crippen LogP contribution in [0.5, 0.6) is 5.75 Å². The summed E-state index contributed by atoms with van der Waals surface area (Å²) in [4.78, 5) is 13.2. The van der Waals surface area contributed by atoms with Crippen LogP contribution >= 0.6 is 11.6 Å². The Labute approximate surface area is 221 Å². The number of halogens is 4. The number of ether oxygens (including phenoxy) is 1. The van der Waals surface area contributed by atoms with Crippen LogP contribution in [0.1, 0.15) is 30.9 Å². The monoisotopic (exact) mass is 535 g/mol. The molecule has 37 heavy (non-hydrogen) atoms. The van der Waals surface area contributed by atoms with Crippen LogP contribution in [-0.2, 0) is 11.2 Å². The lowest BCUT2D eigenvalue weighted by molar-refractivity contribution is -0.136. The SMILES string of the molecule is CC(COc1cccc(CC(=O)O)c1)CN(CC1C=CC=C(C(F)(F)F)C1Cl)C[C@H](C)c1ccccc1. The molecule has 4 atom stereocenters. The predicted molar refractivity (Wildman–Crippen MR) is 140 cm³/mol. The van der Waals surface area contributed by atoms with Crippen LogP contribution in [0.4, 0.5) is 13.2 Å². The Morgan fingerprint density at radius 2 is 1.84 bits per heavy atom. The number of carboxylic acids is 1. The Balaban J connectivity index is 1.68. The zero-order valence-corrected chi connectivity index (χ0v) is 21.8. The van der Waals surface area contributed by atoms with Gasteiger partial charge < -0.3 is 14.7 Å². The van der Waals surface area contributed by atoms with Gasteiger partial charge in [-0.15, -0.1) is 11.6 Å². The van der Waals surface area contributed by atoms with Crippen LogP contribution in [0.25, 0.3) is 0 Å². The predicted octanol–water partition coefficient (Wildman–Crippen LogP) is 6.72. The third-order valence-corrected chi connectivity index (χ3v) is 6.92. The molecule has 0 amide bonds. The van der Waals surface area contributed by atoms with Gasteiger partial charge in [0.25, 0.3) is 0 Å². The number of hydrogen-bond donors (Lipinski definition) is 1. The molecule has 0 aliphatic heterocycles. The summed E-state index contributed by atoms with van der Waals surface area (Å²) in [5, 5.41) is 7.87. The number of alkyl halides is 4. The van der Waals surface area contributed by atoms with E-state index < -0.39 is 29.0 Å². The number of rotatable bonds is 12. The molecule has 0 saturated carbocycles. The van der Waals surface area contributed by atoms with E-state index in [2.05, 4.69) is 24.0 Å². The molecule has 200 valence electrons. The Morgan fingerprint density at radius 3 is 2.51 bits per heavy atom. The van der Waals surface area contributed by atoms with Crippen LogP contribution in [0.3, 0.4) is 0 Å². The van der Waals surface area contributed by atoms with Crippen molar-refractivity contribution in [3.63, 3.8) is 0 Å². The zero-order valence-electron chi connectivity index (χ0n) is 21.0. The van der Waals surface area contributed by atoms with E-state index >= 15 is 0 Å². The fraction of sp³-hybridized carbons (Fsp3) is 0.414. The Kier molecular flexibility index (Phi) is 10.2. The molecule has 1 aliphatic carbocycles. The highest BCUT2D eigenvalue weighted by molar-refractivity contribution is 6.23. The smallest absolute Gasteiger partial charge is 0.414 e. The van der Waals surface area contributed by atoms with E-state index in [1.807, 2.05) is 25.1 Å². The number of carboxylic acid groups (broad SMARTS) is 1. The van der Waals surface area contributed by atoms with Crippen molar-refractivity contribution in [3.05, 3.63) is 89.5 Å². The molecule has 0 saturated heterocycles. The molecule has 1 N–H and O–H groups in total. The van der Waals surface area contributed by atoms with E-state index in [4.69, 9.17) is 21.4 Å². The van der Waals surface area contributed by atoms with Crippen molar-refractivity contribution < 1.29 is 27.8 Å². The van der Waals surface area contributed by atoms with Crippen molar-refractivity contribution in [2.24, 2.45) is 11.8 Å². The molecule has 0 radical (unpaired) electrons. The van der Waals surface area contributed by atoms with Gasteiger partial charge in [0.15, 0.2) is 0 Å². The molecule has 8 heteroatoms. The molecule has 0 fully saturated rings. The first-order chi connectivity index (χ1) is 17.5. The van der Waals surface area contributed by atoms with Gasteiger partial charge in [-0.05, 0) is 29.2 Å². The number of hydrogen-bond acceptors (Lipinski definition) is 3. The number of benzene rings is 2. The maximum atomic E-state index is 13.5. The number of nitrogens with zero attached hydrogens (tertiary/aromatic N) is 1. The van der Waals surface area contributed by atoms with Gasteiger partial charge in [0.1, 0.15) is 5.75 Å². The van der Waals surface area contributed by atoms with Crippen LogP contribution in [0.15, 0.2) is 78.4 Å². The summed E-state index contributed by atoms with van der Waals surface area (Å²) in [7, 11) is 0. The highest BCUT2D eigenvalue weighted by atomic mass is 35.5. The van der Waals surface area contributed by atoms with Crippen LogP contribution in [-0.4, -0.2) is 53.8 Å². The molecule has 2 aromatic carbocycles. The molecule has 3 unspecified atom stereocenters. The van der Waals surface area contributed by atoms with Crippen LogP contribution in [0, 0.1) is 11.8 Å². The molecule has 4 nitrogen and oxygen atoms in total. The third-order valence-electron chi connectivity index (χ3n) is 6.36.